The van der Waals surface area contributed by atoms with Gasteiger partial charge in [0.2, 0.25) is 0 Å². The third kappa shape index (κ3) is 1.16. The van der Waals surface area contributed by atoms with E-state index in [1.54, 1.807) is 0 Å². The Labute approximate surface area is 45.3 Å². The summed E-state index contributed by atoms with van der Waals surface area (Å²) in [6.07, 6.45) is 1.40. The van der Waals surface area contributed by atoms with Gasteiger partial charge in [0.15, 0.2) is 0 Å². The first kappa shape index (κ1) is 5.10. The lowest BCUT2D eigenvalue weighted by atomic mass is 10.2. The Morgan fingerprint density at radius 1 is 1.57 bits per heavy atom. The minimum atomic E-state index is 0.949. The van der Waals surface area contributed by atoms with E-state index in [1.807, 2.05) is 0 Å². The highest BCUT2D eigenvalue weighted by molar-refractivity contribution is 4.67. The Hall–Kier alpha value is -0.0400. The van der Waals surface area contributed by atoms with Crippen LogP contribution in [0.25, 0.3) is 0 Å². The van der Waals surface area contributed by atoms with Crippen molar-refractivity contribution in [2.75, 3.05) is 20.1 Å². The molecule has 1 fully saturated rings. The molecule has 0 spiro atoms. The van der Waals surface area contributed by atoms with Crippen molar-refractivity contribution in [2.45, 2.75) is 13.3 Å². The van der Waals surface area contributed by atoms with Crippen LogP contribution in [-0.4, -0.2) is 25.0 Å². The number of nitrogens with zero attached hydrogens (tertiary/aromatic N) is 1. The van der Waals surface area contributed by atoms with Gasteiger partial charge in [-0.15, -0.1) is 0 Å². The Bertz CT molecular complexity index is 53.2. The number of likely N-dealkylation sites (tertiary alicyclic amines) is 1. The third-order valence-electron chi connectivity index (χ3n) is 1.63. The highest BCUT2D eigenvalue weighted by atomic mass is 15.1. The van der Waals surface area contributed by atoms with Crippen molar-refractivity contribution in [3.8, 4) is 0 Å². The average molecular weight is 98.2 g/mol. The Balaban J connectivity index is 2.26. The summed E-state index contributed by atoms with van der Waals surface area (Å²) in [4.78, 5) is 2.38. The summed E-state index contributed by atoms with van der Waals surface area (Å²) in [5, 5.41) is 0. The van der Waals surface area contributed by atoms with Crippen LogP contribution in [-0.2, 0) is 0 Å². The van der Waals surface area contributed by atoms with Crippen LogP contribution in [0.1, 0.15) is 13.3 Å². The summed E-state index contributed by atoms with van der Waals surface area (Å²) in [5.41, 5.74) is 0. The summed E-state index contributed by atoms with van der Waals surface area (Å²) in [7, 11) is 2.18. The van der Waals surface area contributed by atoms with Gasteiger partial charge in [-0.25, -0.2) is 0 Å². The molecule has 0 aromatic heterocycles. The lowest BCUT2D eigenvalue weighted by Crippen LogP contribution is -2.12. The summed E-state index contributed by atoms with van der Waals surface area (Å²) in [6, 6.07) is 0. The number of hydrogen-bond acceptors (Lipinski definition) is 1. The smallest absolute Gasteiger partial charge is 0.000445 e. The largest absolute Gasteiger partial charge is 0.306 e. The number of rotatable bonds is 0. The van der Waals surface area contributed by atoms with Crippen LogP contribution in [0.3, 0.4) is 0 Å². The predicted molar refractivity (Wildman–Crippen MR) is 31.3 cm³/mol. The van der Waals surface area contributed by atoms with Crippen LogP contribution >= 0.6 is 0 Å². The summed E-state index contributed by atoms with van der Waals surface area (Å²) in [5.74, 6) is 0.949. The summed E-state index contributed by atoms with van der Waals surface area (Å²) < 4.78 is 0. The minimum Gasteiger partial charge on any atom is -0.306 e. The van der Waals surface area contributed by atoms with Gasteiger partial charge in [-0.05, 0) is 25.9 Å². The molecule has 0 saturated carbocycles. The SMILES string of the molecule is CC1CCN([11CH3])C1. The zero-order valence-electron chi connectivity index (χ0n) is 5.15. The second-order valence-corrected chi connectivity index (χ2v) is 2.66. The van der Waals surface area contributed by atoms with Crippen molar-refractivity contribution < 1.29 is 0 Å². The van der Waals surface area contributed by atoms with Crippen molar-refractivity contribution in [2.24, 2.45) is 5.92 Å². The fraction of sp³-hybridized carbons (Fsp3) is 1.00. The molecule has 0 bridgehead atoms. The molecule has 0 N–H and O–H groups in total. The molecule has 1 nitrogen and oxygen atoms in total. The van der Waals surface area contributed by atoms with Gasteiger partial charge in [0.05, 0.1) is 0 Å². The molecule has 0 radical (unpaired) electrons. The molecule has 0 amide bonds. The van der Waals surface area contributed by atoms with Crippen molar-refractivity contribution in [1.29, 1.82) is 0 Å². The van der Waals surface area contributed by atoms with Gasteiger partial charge < -0.3 is 4.90 Å². The first-order valence-electron chi connectivity index (χ1n) is 2.97. The molecular formula is C6H13N. The zero-order chi connectivity index (χ0) is 5.28. The quantitative estimate of drug-likeness (QED) is 0.436. The van der Waals surface area contributed by atoms with Gasteiger partial charge in [-0.3, -0.25) is 0 Å². The van der Waals surface area contributed by atoms with Crippen LogP contribution in [0.5, 0.6) is 0 Å². The molecule has 1 unspecified atom stereocenters. The second kappa shape index (κ2) is 1.83. The second-order valence-electron chi connectivity index (χ2n) is 2.66. The van der Waals surface area contributed by atoms with E-state index in [4.69, 9.17) is 0 Å². The third-order valence-corrected chi connectivity index (χ3v) is 1.63. The van der Waals surface area contributed by atoms with E-state index in [-0.39, 0.29) is 0 Å². The maximum absolute atomic E-state index is 2.38. The topological polar surface area (TPSA) is 3.24 Å². The first-order chi connectivity index (χ1) is 3.29. The maximum Gasteiger partial charge on any atom is 0.000445 e. The van der Waals surface area contributed by atoms with Gasteiger partial charge in [-0.1, -0.05) is 6.92 Å². The van der Waals surface area contributed by atoms with Gasteiger partial charge in [-0.2, -0.15) is 0 Å². The lowest BCUT2D eigenvalue weighted by Gasteiger charge is -2.03. The zero-order valence-corrected chi connectivity index (χ0v) is 5.15. The molecule has 1 heteroatoms. The molecule has 7 heavy (non-hydrogen) atoms. The van der Waals surface area contributed by atoms with Crippen molar-refractivity contribution in [1.82, 2.24) is 4.90 Å². The molecule has 1 aliphatic heterocycles. The Morgan fingerprint density at radius 2 is 2.29 bits per heavy atom. The molecule has 1 saturated heterocycles. The van der Waals surface area contributed by atoms with Gasteiger partial charge in [0.25, 0.3) is 0 Å². The fourth-order valence-corrected chi connectivity index (χ4v) is 1.16. The van der Waals surface area contributed by atoms with Crippen LogP contribution < -0.4 is 0 Å². The minimum absolute atomic E-state index is 0.949. The van der Waals surface area contributed by atoms with Crippen molar-refractivity contribution in [3.05, 3.63) is 0 Å². The molecule has 0 aromatic carbocycles. The van der Waals surface area contributed by atoms with Crippen molar-refractivity contribution >= 4 is 0 Å². The Morgan fingerprint density at radius 3 is 2.43 bits per heavy atom. The summed E-state index contributed by atoms with van der Waals surface area (Å²) >= 11 is 0. The highest BCUT2D eigenvalue weighted by Gasteiger charge is 2.13. The maximum atomic E-state index is 2.38. The van der Waals surface area contributed by atoms with E-state index in [2.05, 4.69) is 18.9 Å². The van der Waals surface area contributed by atoms with Gasteiger partial charge in [0, 0.05) is 6.54 Å². The molecule has 42 valence electrons. The molecule has 1 aliphatic rings. The molecule has 0 aromatic rings. The van der Waals surface area contributed by atoms with E-state index in [9.17, 15) is 0 Å². The van der Waals surface area contributed by atoms with E-state index < -0.39 is 0 Å². The summed E-state index contributed by atoms with van der Waals surface area (Å²) in [6.45, 7) is 4.92. The van der Waals surface area contributed by atoms with Gasteiger partial charge in [0.1, 0.15) is 0 Å². The Kier molecular flexibility index (Phi) is 1.33. The average Bonchev–Trinajstić information content (AvgIpc) is 1.87. The normalized spacial score (nSPS) is 34.3. The van der Waals surface area contributed by atoms with E-state index in [0.717, 1.165) is 5.92 Å². The molecule has 0 aliphatic carbocycles. The molecule has 1 heterocycles. The lowest BCUT2D eigenvalue weighted by molar-refractivity contribution is 0.402. The standard InChI is InChI=1S/C6H13N/c1-6-3-4-7(2)5-6/h6H,3-5H2,1-2H3/i2-1. The van der Waals surface area contributed by atoms with Crippen LogP contribution in [0.4, 0.5) is 0 Å². The predicted octanol–water partition coefficient (Wildman–Crippen LogP) is 0.958. The monoisotopic (exact) mass is 98.1 g/mol. The first-order valence-corrected chi connectivity index (χ1v) is 2.97. The van der Waals surface area contributed by atoms with Crippen LogP contribution in [0.2, 0.25) is 0 Å². The highest BCUT2D eigenvalue weighted by Crippen LogP contribution is 2.11. The molecule has 1 atom stereocenters. The molecule has 1 rings (SSSR count). The van der Waals surface area contributed by atoms with Crippen LogP contribution in [0, 0.1) is 5.92 Å². The molecular weight excluding hydrogens is 85.1 g/mol. The number of hydrogen-bond donors (Lipinski definition) is 0. The fourth-order valence-electron chi connectivity index (χ4n) is 1.16. The van der Waals surface area contributed by atoms with E-state index in [0.29, 0.717) is 0 Å². The van der Waals surface area contributed by atoms with Crippen molar-refractivity contribution in [3.63, 3.8) is 0 Å². The van der Waals surface area contributed by atoms with Crippen LogP contribution in [0.15, 0.2) is 0 Å². The van der Waals surface area contributed by atoms with E-state index >= 15 is 0 Å². The van der Waals surface area contributed by atoms with Gasteiger partial charge >= 0.3 is 0 Å². The van der Waals surface area contributed by atoms with E-state index in [1.165, 1.54) is 19.5 Å².